The first kappa shape index (κ1) is 27.5. The van der Waals surface area contributed by atoms with Crippen LogP contribution in [0.1, 0.15) is 37.0 Å². The largest absolute Gasteiger partial charge is 0.485 e. The van der Waals surface area contributed by atoms with E-state index in [1.807, 2.05) is 13.0 Å². The zero-order valence-electron chi connectivity index (χ0n) is 20.7. The molecule has 192 valence electrons. The number of aryl methyl sites for hydroxylation is 1. The number of halogens is 1. The summed E-state index contributed by atoms with van der Waals surface area (Å²) in [4.78, 5) is 39.3. The third-order valence-electron chi connectivity index (χ3n) is 5.14. The Kier molecular flexibility index (Phi) is 8.98. The van der Waals surface area contributed by atoms with Gasteiger partial charge in [-0.1, -0.05) is 23.4 Å². The summed E-state index contributed by atoms with van der Waals surface area (Å²) in [5.41, 5.74) is 1.53. The molecule has 0 bridgehead atoms. The van der Waals surface area contributed by atoms with Crippen LogP contribution in [0.25, 0.3) is 0 Å². The number of anilines is 1. The number of benzene rings is 1. The molecule has 0 aliphatic rings. The SMILES string of the molecule is COC(=O)c1c(NC(=O)CSc2nnc(COc3ccc(Cl)cc3C)n2C)sc(C(=O)N(C)C)c1C. The average Bonchev–Trinajstić information content (AvgIpc) is 3.34. The normalized spacial score (nSPS) is 10.8. The number of nitrogens with one attached hydrogen (secondary N) is 1. The zero-order chi connectivity index (χ0) is 26.6. The summed E-state index contributed by atoms with van der Waals surface area (Å²) in [6, 6.07) is 5.36. The summed E-state index contributed by atoms with van der Waals surface area (Å²) in [6.07, 6.45) is 0. The fraction of sp³-hybridized carbons (Fsp3) is 0.348. The van der Waals surface area contributed by atoms with Crippen molar-refractivity contribution in [2.24, 2.45) is 7.05 Å². The molecule has 36 heavy (non-hydrogen) atoms. The van der Waals surface area contributed by atoms with Crippen molar-refractivity contribution in [1.82, 2.24) is 19.7 Å². The van der Waals surface area contributed by atoms with Crippen LogP contribution in [0, 0.1) is 13.8 Å². The molecule has 0 atom stereocenters. The number of hydrogen-bond acceptors (Lipinski definition) is 9. The molecule has 0 fully saturated rings. The Morgan fingerprint density at radius 1 is 1.22 bits per heavy atom. The van der Waals surface area contributed by atoms with Crippen LogP contribution in [-0.2, 0) is 23.2 Å². The number of esters is 1. The van der Waals surface area contributed by atoms with Gasteiger partial charge >= 0.3 is 5.97 Å². The number of aromatic nitrogens is 3. The standard InChI is InChI=1S/C23H26ClN5O5S2/c1-12-9-14(24)7-8-15(12)34-10-16-26-27-23(29(16)5)35-11-17(30)25-20-18(22(32)33-6)13(2)19(36-20)21(31)28(3)4/h7-9H,10-11H2,1-6H3,(H,25,30). The van der Waals surface area contributed by atoms with E-state index in [2.05, 4.69) is 15.5 Å². The lowest BCUT2D eigenvalue weighted by atomic mass is 10.1. The molecule has 0 unspecified atom stereocenters. The quantitative estimate of drug-likeness (QED) is 0.314. The molecule has 0 aliphatic heterocycles. The molecule has 0 spiro atoms. The highest BCUT2D eigenvalue weighted by Crippen LogP contribution is 2.34. The Balaban J connectivity index is 1.66. The van der Waals surface area contributed by atoms with Crippen LogP contribution in [-0.4, -0.2) is 64.4 Å². The molecule has 3 aromatic rings. The summed E-state index contributed by atoms with van der Waals surface area (Å²) in [6.45, 7) is 3.74. The highest BCUT2D eigenvalue weighted by molar-refractivity contribution is 7.99. The Bertz CT molecular complexity index is 1300. The smallest absolute Gasteiger partial charge is 0.341 e. The van der Waals surface area contributed by atoms with Gasteiger partial charge in [-0.15, -0.1) is 21.5 Å². The van der Waals surface area contributed by atoms with Crippen LogP contribution in [0.15, 0.2) is 23.4 Å². The van der Waals surface area contributed by atoms with E-state index in [1.54, 1.807) is 44.8 Å². The minimum Gasteiger partial charge on any atom is -0.485 e. The zero-order valence-corrected chi connectivity index (χ0v) is 23.1. The average molecular weight is 552 g/mol. The van der Waals surface area contributed by atoms with E-state index < -0.39 is 5.97 Å². The van der Waals surface area contributed by atoms with E-state index in [9.17, 15) is 14.4 Å². The second-order valence-corrected chi connectivity index (χ2v) is 10.3. The fourth-order valence-electron chi connectivity index (χ4n) is 3.16. The van der Waals surface area contributed by atoms with Gasteiger partial charge in [0.1, 0.15) is 17.4 Å². The number of thiophene rings is 1. The van der Waals surface area contributed by atoms with Crippen molar-refractivity contribution in [2.75, 3.05) is 32.3 Å². The van der Waals surface area contributed by atoms with E-state index in [0.717, 1.165) is 16.9 Å². The van der Waals surface area contributed by atoms with Gasteiger partial charge in [0.2, 0.25) is 5.91 Å². The van der Waals surface area contributed by atoms with Crippen LogP contribution >= 0.6 is 34.7 Å². The molecule has 0 aliphatic carbocycles. The van der Waals surface area contributed by atoms with Crippen LogP contribution in [0.5, 0.6) is 5.75 Å². The predicted molar refractivity (Wildman–Crippen MR) is 139 cm³/mol. The molecule has 13 heteroatoms. The summed E-state index contributed by atoms with van der Waals surface area (Å²) in [7, 11) is 6.26. The second-order valence-electron chi connectivity index (χ2n) is 7.94. The van der Waals surface area contributed by atoms with E-state index in [-0.39, 0.29) is 34.7 Å². The maximum atomic E-state index is 12.7. The van der Waals surface area contributed by atoms with Crippen LogP contribution in [0.2, 0.25) is 5.02 Å². The molecular formula is C23H26ClN5O5S2. The first-order chi connectivity index (χ1) is 17.0. The maximum absolute atomic E-state index is 12.7. The molecule has 3 rings (SSSR count). The van der Waals surface area contributed by atoms with Crippen molar-refractivity contribution < 1.29 is 23.9 Å². The molecule has 1 aromatic carbocycles. The number of amides is 2. The molecule has 0 saturated heterocycles. The summed E-state index contributed by atoms with van der Waals surface area (Å²) in [5, 5.41) is 12.4. The number of hydrogen-bond donors (Lipinski definition) is 1. The van der Waals surface area contributed by atoms with E-state index in [1.165, 1.54) is 23.8 Å². The topological polar surface area (TPSA) is 116 Å². The van der Waals surface area contributed by atoms with E-state index in [0.29, 0.717) is 32.2 Å². The number of thioether (sulfide) groups is 1. The van der Waals surface area contributed by atoms with Crippen molar-refractivity contribution in [3.63, 3.8) is 0 Å². The van der Waals surface area contributed by atoms with Gasteiger partial charge in [0.05, 0.1) is 23.3 Å². The highest BCUT2D eigenvalue weighted by atomic mass is 35.5. The van der Waals surface area contributed by atoms with Gasteiger partial charge in [0.15, 0.2) is 11.0 Å². The third-order valence-corrected chi connectivity index (χ3v) is 7.59. The van der Waals surface area contributed by atoms with Gasteiger partial charge < -0.3 is 24.3 Å². The highest BCUT2D eigenvalue weighted by Gasteiger charge is 2.27. The molecule has 1 N–H and O–H groups in total. The molecule has 2 aromatic heterocycles. The molecule has 2 amide bonds. The maximum Gasteiger partial charge on any atom is 0.341 e. The lowest BCUT2D eigenvalue weighted by Crippen LogP contribution is -2.21. The van der Waals surface area contributed by atoms with Gasteiger partial charge in [-0.2, -0.15) is 0 Å². The Morgan fingerprint density at radius 3 is 2.58 bits per heavy atom. The summed E-state index contributed by atoms with van der Waals surface area (Å²) < 4.78 is 12.4. The minimum absolute atomic E-state index is 0.0116. The van der Waals surface area contributed by atoms with Crippen molar-refractivity contribution in [3.05, 3.63) is 50.6 Å². The second kappa shape index (κ2) is 11.8. The lowest BCUT2D eigenvalue weighted by Gasteiger charge is -2.09. The first-order valence-corrected chi connectivity index (χ1v) is 12.8. The molecule has 0 saturated carbocycles. The van der Waals surface area contributed by atoms with Gasteiger partial charge in [-0.3, -0.25) is 9.59 Å². The number of rotatable bonds is 9. The van der Waals surface area contributed by atoms with E-state index >= 15 is 0 Å². The number of carbonyl (C=O) groups is 3. The van der Waals surface area contributed by atoms with Gasteiger partial charge in [-0.25, -0.2) is 4.79 Å². The van der Waals surface area contributed by atoms with Crippen molar-refractivity contribution in [1.29, 1.82) is 0 Å². The number of methoxy groups -OCH3 is 1. The fourth-order valence-corrected chi connectivity index (χ4v) is 5.35. The number of nitrogens with zero attached hydrogens (tertiary/aromatic N) is 4. The number of carbonyl (C=O) groups excluding carboxylic acids is 3. The van der Waals surface area contributed by atoms with Crippen LogP contribution < -0.4 is 10.1 Å². The molecule has 2 heterocycles. The summed E-state index contributed by atoms with van der Waals surface area (Å²) >= 11 is 8.20. The van der Waals surface area contributed by atoms with Gasteiger partial charge in [0.25, 0.3) is 5.91 Å². The monoisotopic (exact) mass is 551 g/mol. The van der Waals surface area contributed by atoms with Crippen molar-refractivity contribution in [2.45, 2.75) is 25.6 Å². The third kappa shape index (κ3) is 6.18. The number of ether oxygens (including phenoxy) is 2. The van der Waals surface area contributed by atoms with E-state index in [4.69, 9.17) is 21.1 Å². The summed E-state index contributed by atoms with van der Waals surface area (Å²) in [5.74, 6) is 0.0283. The minimum atomic E-state index is -0.627. The van der Waals surface area contributed by atoms with Crippen molar-refractivity contribution in [3.8, 4) is 5.75 Å². The lowest BCUT2D eigenvalue weighted by molar-refractivity contribution is -0.113. The van der Waals surface area contributed by atoms with Crippen molar-refractivity contribution >= 4 is 57.5 Å². The van der Waals surface area contributed by atoms with Gasteiger partial charge in [-0.05, 0) is 43.2 Å². The Labute approximate surface area is 221 Å². The van der Waals surface area contributed by atoms with Crippen LogP contribution in [0.3, 0.4) is 0 Å². The molecular weight excluding hydrogens is 526 g/mol. The van der Waals surface area contributed by atoms with Gasteiger partial charge in [0, 0.05) is 26.2 Å². The Hall–Kier alpha value is -3.09. The first-order valence-electron chi connectivity index (χ1n) is 10.7. The predicted octanol–water partition coefficient (Wildman–Crippen LogP) is 3.95. The molecule has 0 radical (unpaired) electrons. The van der Waals surface area contributed by atoms with Crippen LogP contribution in [0.4, 0.5) is 5.00 Å². The molecule has 10 nitrogen and oxygen atoms in total. The Morgan fingerprint density at radius 2 is 1.94 bits per heavy atom.